The first kappa shape index (κ1) is 25.2. The normalized spacial score (nSPS) is 21.2. The van der Waals surface area contributed by atoms with Crippen molar-refractivity contribution in [2.24, 2.45) is 0 Å². The van der Waals surface area contributed by atoms with Gasteiger partial charge in [-0.2, -0.15) is 0 Å². The summed E-state index contributed by atoms with van der Waals surface area (Å²) in [7, 11) is 1.89. The Hall–Kier alpha value is -2.92. The molecule has 35 heavy (non-hydrogen) atoms. The first-order valence-electron chi connectivity index (χ1n) is 13.1. The Labute approximate surface area is 210 Å². The number of nitrogens with zero attached hydrogens (tertiary/aromatic N) is 2. The molecule has 3 N–H and O–H groups in total. The molecule has 5 nitrogen and oxygen atoms in total. The third kappa shape index (κ3) is 5.51. The number of hydrogen-bond acceptors (Lipinski definition) is 3. The number of nitrogens with one attached hydrogen (secondary N) is 3. The Kier molecular flexibility index (Phi) is 7.75. The lowest BCUT2D eigenvalue weighted by Gasteiger charge is -2.33. The minimum atomic E-state index is 0.406. The number of aromatic amines is 1. The maximum Gasteiger partial charge on any atom is 0.114 e. The number of benzene rings is 1. The fraction of sp³-hybridized carbons (Fsp3) is 0.467. The van der Waals surface area contributed by atoms with Crippen LogP contribution in [0, 0.1) is 10.8 Å². The lowest BCUT2D eigenvalue weighted by molar-refractivity contribution is 0.234. The largest absolute Gasteiger partial charge is 0.354 e. The third-order valence-electron chi connectivity index (χ3n) is 7.70. The fourth-order valence-corrected chi connectivity index (χ4v) is 5.46. The van der Waals surface area contributed by atoms with Crippen LogP contribution in [0.3, 0.4) is 0 Å². The molecule has 5 heteroatoms. The molecule has 1 fully saturated rings. The van der Waals surface area contributed by atoms with Crippen molar-refractivity contribution in [1.82, 2.24) is 14.8 Å². The fourth-order valence-electron chi connectivity index (χ4n) is 5.46. The number of rotatable bonds is 6. The zero-order valence-corrected chi connectivity index (χ0v) is 21.9. The topological polar surface area (TPSA) is 70.0 Å². The van der Waals surface area contributed by atoms with E-state index in [0.29, 0.717) is 24.2 Å². The van der Waals surface area contributed by atoms with Gasteiger partial charge >= 0.3 is 0 Å². The molecular weight excluding hydrogens is 430 g/mol. The highest BCUT2D eigenvalue weighted by molar-refractivity contribution is 6.01. The number of amidine groups is 1. The van der Waals surface area contributed by atoms with Crippen molar-refractivity contribution in [2.75, 3.05) is 26.7 Å². The summed E-state index contributed by atoms with van der Waals surface area (Å²) >= 11 is 0. The second-order valence-corrected chi connectivity index (χ2v) is 10.5. The van der Waals surface area contributed by atoms with Crippen LogP contribution in [-0.2, 0) is 0 Å². The number of piperidine rings is 1. The molecule has 0 atom stereocenters. The SMILES string of the molecule is C=CN(C)C(=N)CN1CCC(c2ccc3[nH]c(C4=C/CCCC(=N)/C(C)=C\4)c(C(C)C)c3c2)CC1. The molecule has 4 rings (SSSR count). The zero-order chi connectivity index (χ0) is 25.1. The van der Waals surface area contributed by atoms with E-state index in [1.807, 2.05) is 7.05 Å². The molecule has 2 aliphatic rings. The van der Waals surface area contributed by atoms with Gasteiger partial charge in [0, 0.05) is 29.4 Å². The van der Waals surface area contributed by atoms with Gasteiger partial charge in [-0.05, 0) is 111 Å². The third-order valence-corrected chi connectivity index (χ3v) is 7.70. The van der Waals surface area contributed by atoms with Gasteiger partial charge in [-0.1, -0.05) is 32.6 Å². The molecule has 1 aliphatic heterocycles. The van der Waals surface area contributed by atoms with Crippen molar-refractivity contribution < 1.29 is 0 Å². The molecule has 0 amide bonds. The van der Waals surface area contributed by atoms with E-state index >= 15 is 0 Å². The molecule has 1 aromatic carbocycles. The molecule has 2 aromatic rings. The molecule has 2 heterocycles. The maximum absolute atomic E-state index is 8.33. The van der Waals surface area contributed by atoms with E-state index in [1.165, 1.54) is 33.3 Å². The highest BCUT2D eigenvalue weighted by Crippen LogP contribution is 2.38. The summed E-state index contributed by atoms with van der Waals surface area (Å²) in [4.78, 5) is 7.93. The number of likely N-dealkylation sites (tertiary alicyclic amines) is 1. The molecule has 1 aliphatic carbocycles. The molecular formula is C30H41N5. The van der Waals surface area contributed by atoms with Crippen molar-refractivity contribution in [3.8, 4) is 0 Å². The smallest absolute Gasteiger partial charge is 0.114 e. The van der Waals surface area contributed by atoms with E-state index < -0.39 is 0 Å². The number of allylic oxidation sites excluding steroid dienone is 4. The Balaban J connectivity index is 1.59. The molecule has 186 valence electrons. The lowest BCUT2D eigenvalue weighted by atomic mass is 9.87. The minimum absolute atomic E-state index is 0.406. The van der Waals surface area contributed by atoms with Crippen LogP contribution in [0.5, 0.6) is 0 Å². The highest BCUT2D eigenvalue weighted by atomic mass is 15.2. The van der Waals surface area contributed by atoms with E-state index in [4.69, 9.17) is 10.8 Å². The summed E-state index contributed by atoms with van der Waals surface area (Å²) in [5.41, 5.74) is 8.32. The van der Waals surface area contributed by atoms with E-state index in [1.54, 1.807) is 11.1 Å². The average Bonchev–Trinajstić information content (AvgIpc) is 3.23. The summed E-state index contributed by atoms with van der Waals surface area (Å²) in [5, 5.41) is 17.9. The second-order valence-electron chi connectivity index (χ2n) is 10.5. The number of hydrogen-bond donors (Lipinski definition) is 3. The van der Waals surface area contributed by atoms with Crippen LogP contribution < -0.4 is 0 Å². The van der Waals surface area contributed by atoms with Crippen molar-refractivity contribution in [1.29, 1.82) is 10.8 Å². The van der Waals surface area contributed by atoms with Crippen LogP contribution in [0.2, 0.25) is 0 Å². The van der Waals surface area contributed by atoms with Gasteiger partial charge in [-0.25, -0.2) is 0 Å². The van der Waals surface area contributed by atoms with E-state index in [-0.39, 0.29) is 0 Å². The first-order valence-corrected chi connectivity index (χ1v) is 13.1. The second kappa shape index (κ2) is 10.8. The lowest BCUT2D eigenvalue weighted by Crippen LogP contribution is -2.40. The Bertz CT molecular complexity index is 1170. The number of aromatic nitrogens is 1. The molecule has 1 aromatic heterocycles. The number of fused-ring (bicyclic) bond motifs is 1. The van der Waals surface area contributed by atoms with Gasteiger partial charge in [0.1, 0.15) is 5.84 Å². The number of H-pyrrole nitrogens is 1. The molecule has 0 unspecified atom stereocenters. The Morgan fingerprint density at radius 3 is 2.71 bits per heavy atom. The van der Waals surface area contributed by atoms with Gasteiger partial charge in [-0.15, -0.1) is 0 Å². The highest BCUT2D eigenvalue weighted by Gasteiger charge is 2.24. The molecule has 0 saturated carbocycles. The summed E-state index contributed by atoms with van der Waals surface area (Å²) in [6.07, 6.45) is 11.4. The van der Waals surface area contributed by atoms with Gasteiger partial charge in [0.15, 0.2) is 0 Å². The zero-order valence-electron chi connectivity index (χ0n) is 21.9. The van der Waals surface area contributed by atoms with Crippen LogP contribution in [0.1, 0.15) is 81.5 Å². The molecule has 0 radical (unpaired) electrons. The van der Waals surface area contributed by atoms with Crippen LogP contribution in [0.25, 0.3) is 16.5 Å². The van der Waals surface area contributed by atoms with Crippen molar-refractivity contribution in [3.63, 3.8) is 0 Å². The Morgan fingerprint density at radius 1 is 1.29 bits per heavy atom. The summed E-state index contributed by atoms with van der Waals surface area (Å²) in [6, 6.07) is 7.01. The van der Waals surface area contributed by atoms with E-state index in [0.717, 1.165) is 56.5 Å². The average molecular weight is 472 g/mol. The Morgan fingerprint density at radius 2 is 2.03 bits per heavy atom. The number of likely N-dealkylation sites (N-methyl/N-ethyl adjacent to an activating group) is 1. The van der Waals surface area contributed by atoms with Crippen molar-refractivity contribution in [3.05, 3.63) is 65.5 Å². The van der Waals surface area contributed by atoms with E-state index in [2.05, 4.69) is 67.6 Å². The van der Waals surface area contributed by atoms with Crippen LogP contribution in [0.15, 0.2) is 48.7 Å². The van der Waals surface area contributed by atoms with Crippen molar-refractivity contribution >= 4 is 28.0 Å². The predicted molar refractivity (Wildman–Crippen MR) is 150 cm³/mol. The monoisotopic (exact) mass is 471 g/mol. The minimum Gasteiger partial charge on any atom is -0.354 e. The van der Waals surface area contributed by atoms with Gasteiger partial charge in [0.05, 0.1) is 6.54 Å². The van der Waals surface area contributed by atoms with Gasteiger partial charge < -0.3 is 15.3 Å². The van der Waals surface area contributed by atoms with Crippen LogP contribution >= 0.6 is 0 Å². The standard InChI is InChI=1S/C30H41N5/c1-6-34(5)28(32)19-35-15-13-22(14-16-35)23-11-12-27-25(18-23)29(20(2)3)30(33-27)24-9-7-8-10-26(31)21(4)17-24/h6,9,11-12,17-18,20,22,31-33H,1,7-8,10,13-16,19H2,2-5H3/b21-17-,24-9+,31-26?,32-28?. The van der Waals surface area contributed by atoms with E-state index in [9.17, 15) is 0 Å². The van der Waals surface area contributed by atoms with Gasteiger partial charge in [0.2, 0.25) is 0 Å². The van der Waals surface area contributed by atoms with Crippen LogP contribution in [-0.4, -0.2) is 53.0 Å². The summed E-state index contributed by atoms with van der Waals surface area (Å²) < 4.78 is 0. The van der Waals surface area contributed by atoms with Gasteiger partial charge in [0.25, 0.3) is 0 Å². The van der Waals surface area contributed by atoms with Gasteiger partial charge in [-0.3, -0.25) is 10.3 Å². The summed E-state index contributed by atoms with van der Waals surface area (Å²) in [6.45, 7) is 13.1. The molecule has 0 spiro atoms. The van der Waals surface area contributed by atoms with Crippen molar-refractivity contribution in [2.45, 2.75) is 64.7 Å². The predicted octanol–water partition coefficient (Wildman–Crippen LogP) is 7.06. The molecule has 1 saturated heterocycles. The molecule has 0 bridgehead atoms. The quantitative estimate of drug-likeness (QED) is 0.312. The van der Waals surface area contributed by atoms with Crippen LogP contribution in [0.4, 0.5) is 0 Å². The summed E-state index contributed by atoms with van der Waals surface area (Å²) in [5.74, 6) is 1.57. The maximum atomic E-state index is 8.33. The first-order chi connectivity index (χ1) is 16.8.